The molecule has 1 amide bonds. The fourth-order valence-corrected chi connectivity index (χ4v) is 2.71. The van der Waals surface area contributed by atoms with Crippen LogP contribution in [0.3, 0.4) is 0 Å². The van der Waals surface area contributed by atoms with E-state index in [1.165, 1.54) is 17.9 Å². The minimum atomic E-state index is -0.482. The highest BCUT2D eigenvalue weighted by Crippen LogP contribution is 2.22. The zero-order valence-corrected chi connectivity index (χ0v) is 10.7. The number of carbonyl (C=O) groups excluding carboxylic acids is 1. The van der Waals surface area contributed by atoms with Crippen molar-refractivity contribution in [3.63, 3.8) is 0 Å². The van der Waals surface area contributed by atoms with E-state index >= 15 is 0 Å². The first-order chi connectivity index (χ1) is 8.66. The van der Waals surface area contributed by atoms with Crippen LogP contribution >= 0.6 is 11.3 Å². The van der Waals surface area contributed by atoms with Gasteiger partial charge >= 0.3 is 5.00 Å². The van der Waals surface area contributed by atoms with Crippen molar-refractivity contribution in [1.29, 1.82) is 0 Å². The SMILES string of the molecule is O=C(NCC[C@H]1CCCN1)c1csc([N+](=O)[O-])c1. The molecule has 0 unspecified atom stereocenters. The van der Waals surface area contributed by atoms with Crippen LogP contribution < -0.4 is 10.6 Å². The molecule has 0 saturated carbocycles. The molecule has 1 aliphatic heterocycles. The molecule has 2 rings (SSSR count). The predicted octanol–water partition coefficient (Wildman–Crippen LogP) is 1.53. The Bertz CT molecular complexity index is 440. The van der Waals surface area contributed by atoms with E-state index in [4.69, 9.17) is 0 Å². The normalized spacial score (nSPS) is 18.8. The maximum atomic E-state index is 11.7. The molecule has 98 valence electrons. The van der Waals surface area contributed by atoms with E-state index in [0.717, 1.165) is 30.7 Å². The van der Waals surface area contributed by atoms with Gasteiger partial charge < -0.3 is 10.6 Å². The van der Waals surface area contributed by atoms with Gasteiger partial charge in [0, 0.05) is 24.0 Å². The van der Waals surface area contributed by atoms with E-state index in [9.17, 15) is 14.9 Å². The summed E-state index contributed by atoms with van der Waals surface area (Å²) in [6.07, 6.45) is 3.24. The van der Waals surface area contributed by atoms with Gasteiger partial charge in [-0.3, -0.25) is 14.9 Å². The van der Waals surface area contributed by atoms with Gasteiger partial charge in [0.05, 0.1) is 10.5 Å². The third-order valence-corrected chi connectivity index (χ3v) is 3.85. The van der Waals surface area contributed by atoms with Gasteiger partial charge in [0.1, 0.15) is 0 Å². The van der Waals surface area contributed by atoms with Gasteiger partial charge in [-0.15, -0.1) is 0 Å². The van der Waals surface area contributed by atoms with E-state index in [1.54, 1.807) is 0 Å². The lowest BCUT2D eigenvalue weighted by atomic mass is 10.1. The number of amides is 1. The number of nitro groups is 1. The van der Waals surface area contributed by atoms with E-state index in [2.05, 4.69) is 10.6 Å². The molecule has 1 aromatic heterocycles. The minimum Gasteiger partial charge on any atom is -0.352 e. The predicted molar refractivity (Wildman–Crippen MR) is 68.9 cm³/mol. The van der Waals surface area contributed by atoms with Crippen molar-refractivity contribution in [3.05, 3.63) is 27.1 Å². The fourth-order valence-electron chi connectivity index (χ4n) is 2.00. The smallest absolute Gasteiger partial charge is 0.324 e. The summed E-state index contributed by atoms with van der Waals surface area (Å²) in [5.41, 5.74) is 0.367. The molecule has 1 aromatic rings. The zero-order valence-electron chi connectivity index (χ0n) is 9.85. The first-order valence-corrected chi connectivity index (χ1v) is 6.79. The number of nitrogens with one attached hydrogen (secondary N) is 2. The first-order valence-electron chi connectivity index (χ1n) is 5.91. The quantitative estimate of drug-likeness (QED) is 0.627. The Balaban J connectivity index is 1.77. The molecule has 2 N–H and O–H groups in total. The molecule has 0 aromatic carbocycles. The number of hydrogen-bond donors (Lipinski definition) is 2. The van der Waals surface area contributed by atoms with Crippen molar-refractivity contribution >= 4 is 22.2 Å². The molecule has 18 heavy (non-hydrogen) atoms. The standard InChI is InChI=1S/C11H15N3O3S/c15-11(8-6-10(14(16)17)18-7-8)13-5-3-9-2-1-4-12-9/h6-7,9,12H,1-5H2,(H,13,15)/t9-/m1/s1. The molecule has 1 aliphatic rings. The average molecular weight is 269 g/mol. The Labute approximate surface area is 109 Å². The second-order valence-electron chi connectivity index (χ2n) is 4.27. The van der Waals surface area contributed by atoms with E-state index < -0.39 is 4.92 Å². The Morgan fingerprint density at radius 1 is 1.67 bits per heavy atom. The Kier molecular flexibility index (Phi) is 4.27. The van der Waals surface area contributed by atoms with Crippen LogP contribution in [0.1, 0.15) is 29.6 Å². The highest BCUT2D eigenvalue weighted by molar-refractivity contribution is 7.13. The Morgan fingerprint density at radius 2 is 2.50 bits per heavy atom. The second kappa shape index (κ2) is 5.92. The maximum Gasteiger partial charge on any atom is 0.324 e. The molecule has 1 saturated heterocycles. The molecule has 6 nitrogen and oxygen atoms in total. The van der Waals surface area contributed by atoms with Gasteiger partial charge in [0.15, 0.2) is 0 Å². The van der Waals surface area contributed by atoms with Crippen molar-refractivity contribution in [2.24, 2.45) is 0 Å². The van der Waals surface area contributed by atoms with Crippen LogP contribution in [0.15, 0.2) is 11.4 Å². The van der Waals surface area contributed by atoms with Crippen LogP contribution in [0.25, 0.3) is 0 Å². The van der Waals surface area contributed by atoms with Crippen molar-refractivity contribution < 1.29 is 9.72 Å². The topological polar surface area (TPSA) is 84.3 Å². The number of rotatable bonds is 5. The lowest BCUT2D eigenvalue weighted by Crippen LogP contribution is -2.30. The Hall–Kier alpha value is -1.47. The van der Waals surface area contributed by atoms with E-state index in [1.807, 2.05) is 0 Å². The molecular weight excluding hydrogens is 254 g/mol. The summed E-state index contributed by atoms with van der Waals surface area (Å²) in [6.45, 7) is 1.65. The summed E-state index contributed by atoms with van der Waals surface area (Å²) in [4.78, 5) is 21.7. The van der Waals surface area contributed by atoms with Crippen LogP contribution in [0.2, 0.25) is 0 Å². The maximum absolute atomic E-state index is 11.7. The van der Waals surface area contributed by atoms with Crippen molar-refractivity contribution in [3.8, 4) is 0 Å². The molecule has 1 fully saturated rings. The third-order valence-electron chi connectivity index (χ3n) is 2.97. The number of nitrogens with zero attached hydrogens (tertiary/aromatic N) is 1. The van der Waals surface area contributed by atoms with Crippen LogP contribution in [-0.4, -0.2) is 30.0 Å². The molecular formula is C11H15N3O3S. The van der Waals surface area contributed by atoms with Crippen molar-refractivity contribution in [2.45, 2.75) is 25.3 Å². The lowest BCUT2D eigenvalue weighted by Gasteiger charge is -2.10. The molecule has 2 heterocycles. The van der Waals surface area contributed by atoms with Crippen LogP contribution in [0.4, 0.5) is 5.00 Å². The molecule has 1 atom stereocenters. The highest BCUT2D eigenvalue weighted by atomic mass is 32.1. The van der Waals surface area contributed by atoms with Gasteiger partial charge in [-0.05, 0) is 25.8 Å². The summed E-state index contributed by atoms with van der Waals surface area (Å²) < 4.78 is 0. The molecule has 7 heteroatoms. The number of carbonyl (C=O) groups is 1. The van der Waals surface area contributed by atoms with Crippen LogP contribution in [0, 0.1) is 10.1 Å². The highest BCUT2D eigenvalue weighted by Gasteiger charge is 2.16. The molecule has 0 spiro atoms. The summed E-state index contributed by atoms with van der Waals surface area (Å²) in [5.74, 6) is -0.239. The molecule has 0 aliphatic carbocycles. The summed E-state index contributed by atoms with van der Waals surface area (Å²) in [7, 11) is 0. The Morgan fingerprint density at radius 3 is 3.11 bits per heavy atom. The van der Waals surface area contributed by atoms with Gasteiger partial charge in [0.25, 0.3) is 5.91 Å². The third kappa shape index (κ3) is 3.27. The monoisotopic (exact) mass is 269 g/mol. The van der Waals surface area contributed by atoms with Gasteiger partial charge in [-0.2, -0.15) is 0 Å². The summed E-state index contributed by atoms with van der Waals surface area (Å²) in [5, 5.41) is 18.1. The van der Waals surface area contributed by atoms with Gasteiger partial charge in [-0.25, -0.2) is 0 Å². The average Bonchev–Trinajstić information content (AvgIpc) is 2.99. The number of hydrogen-bond acceptors (Lipinski definition) is 5. The van der Waals surface area contributed by atoms with Gasteiger partial charge in [0.2, 0.25) is 0 Å². The first kappa shape index (κ1) is 13.0. The van der Waals surface area contributed by atoms with Crippen LogP contribution in [-0.2, 0) is 0 Å². The van der Waals surface area contributed by atoms with E-state index in [0.29, 0.717) is 18.2 Å². The second-order valence-corrected chi connectivity index (χ2v) is 5.16. The van der Waals surface area contributed by atoms with E-state index in [-0.39, 0.29) is 10.9 Å². The van der Waals surface area contributed by atoms with Crippen molar-refractivity contribution in [2.75, 3.05) is 13.1 Å². The lowest BCUT2D eigenvalue weighted by molar-refractivity contribution is -0.380. The van der Waals surface area contributed by atoms with Crippen molar-refractivity contribution in [1.82, 2.24) is 10.6 Å². The molecule has 0 bridgehead atoms. The van der Waals surface area contributed by atoms with Crippen LogP contribution in [0.5, 0.6) is 0 Å². The number of thiophene rings is 1. The molecule has 0 radical (unpaired) electrons. The minimum absolute atomic E-state index is 0.00221. The largest absolute Gasteiger partial charge is 0.352 e. The van der Waals surface area contributed by atoms with Gasteiger partial charge in [-0.1, -0.05) is 11.3 Å². The summed E-state index contributed by atoms with van der Waals surface area (Å²) in [6, 6.07) is 1.80. The fraction of sp³-hybridized carbons (Fsp3) is 0.545. The zero-order chi connectivity index (χ0) is 13.0. The summed E-state index contributed by atoms with van der Waals surface area (Å²) >= 11 is 0.972.